The van der Waals surface area contributed by atoms with Gasteiger partial charge >= 0.3 is 0 Å². The lowest BCUT2D eigenvalue weighted by Crippen LogP contribution is -2.47. The number of nitrogens with zero attached hydrogens (tertiary/aromatic N) is 1. The van der Waals surface area contributed by atoms with Gasteiger partial charge in [-0.15, -0.1) is 0 Å². The van der Waals surface area contributed by atoms with Gasteiger partial charge in [0, 0.05) is 24.7 Å². The van der Waals surface area contributed by atoms with Crippen LogP contribution in [0.15, 0.2) is 48.5 Å². The van der Waals surface area contributed by atoms with Gasteiger partial charge in [-0.25, -0.2) is 0 Å². The minimum atomic E-state index is -0.531. The predicted molar refractivity (Wildman–Crippen MR) is 102 cm³/mol. The van der Waals surface area contributed by atoms with Crippen LogP contribution in [-0.4, -0.2) is 31.2 Å². The van der Waals surface area contributed by atoms with Gasteiger partial charge < -0.3 is 14.8 Å². The number of rotatable bonds is 4. The van der Waals surface area contributed by atoms with Crippen molar-refractivity contribution in [1.29, 1.82) is 0 Å². The summed E-state index contributed by atoms with van der Waals surface area (Å²) in [6, 6.07) is 12.6. The Balaban J connectivity index is 1.59. The van der Waals surface area contributed by atoms with Crippen LogP contribution >= 0.6 is 0 Å². The molecule has 2 aliphatic heterocycles. The third-order valence-corrected chi connectivity index (χ3v) is 4.68. The molecule has 2 heterocycles. The molecule has 0 aromatic heterocycles. The molecule has 6 nitrogen and oxygen atoms in total. The maximum atomic E-state index is 12.9. The molecule has 4 rings (SSSR count). The van der Waals surface area contributed by atoms with Crippen molar-refractivity contribution in [3.05, 3.63) is 59.7 Å². The predicted octanol–water partition coefficient (Wildman–Crippen LogP) is 2.52. The van der Waals surface area contributed by atoms with Crippen molar-refractivity contribution < 1.29 is 19.1 Å². The molecule has 1 unspecified atom stereocenters. The van der Waals surface area contributed by atoms with Crippen molar-refractivity contribution in [3.8, 4) is 11.5 Å². The first-order valence-electron chi connectivity index (χ1n) is 8.94. The Morgan fingerprint density at radius 3 is 2.85 bits per heavy atom. The molecule has 1 atom stereocenters. The average molecular weight is 364 g/mol. The summed E-state index contributed by atoms with van der Waals surface area (Å²) in [4.78, 5) is 27.0. The van der Waals surface area contributed by atoms with E-state index >= 15 is 0 Å². The molecule has 2 amide bonds. The molecule has 27 heavy (non-hydrogen) atoms. The largest absolute Gasteiger partial charge is 0.454 e. The molecule has 0 aliphatic carbocycles. The minimum absolute atomic E-state index is 0.140. The van der Waals surface area contributed by atoms with Crippen LogP contribution in [0, 0.1) is 0 Å². The highest BCUT2D eigenvalue weighted by molar-refractivity contribution is 6.09. The zero-order chi connectivity index (χ0) is 18.8. The second-order valence-electron chi connectivity index (χ2n) is 6.40. The normalized spacial score (nSPS) is 17.2. The SMILES string of the molecule is CCNC(=O)C1Cc2ccccc2N1C(=O)/C=C\c1ccc2c(c1)OCO2. The number of likely N-dealkylation sites (N-methyl/N-ethyl adjacent to an activating group) is 1. The van der Waals surface area contributed by atoms with Crippen LogP contribution < -0.4 is 19.7 Å². The van der Waals surface area contributed by atoms with Crippen molar-refractivity contribution in [2.75, 3.05) is 18.2 Å². The fourth-order valence-electron chi connectivity index (χ4n) is 3.42. The van der Waals surface area contributed by atoms with E-state index in [2.05, 4.69) is 5.32 Å². The number of hydrogen-bond acceptors (Lipinski definition) is 4. The average Bonchev–Trinajstić information content (AvgIpc) is 3.30. The van der Waals surface area contributed by atoms with E-state index in [0.29, 0.717) is 24.5 Å². The van der Waals surface area contributed by atoms with E-state index < -0.39 is 6.04 Å². The molecule has 1 N–H and O–H groups in total. The van der Waals surface area contributed by atoms with E-state index in [1.54, 1.807) is 11.0 Å². The van der Waals surface area contributed by atoms with Gasteiger partial charge in [0.1, 0.15) is 6.04 Å². The molecule has 0 spiro atoms. The number of hydrogen-bond donors (Lipinski definition) is 1. The van der Waals surface area contributed by atoms with Crippen LogP contribution in [0.3, 0.4) is 0 Å². The number of carbonyl (C=O) groups excluding carboxylic acids is 2. The Kier molecular flexibility index (Phi) is 4.54. The minimum Gasteiger partial charge on any atom is -0.454 e. The van der Waals surface area contributed by atoms with Gasteiger partial charge in [-0.1, -0.05) is 24.3 Å². The summed E-state index contributed by atoms with van der Waals surface area (Å²) in [6.45, 7) is 2.60. The van der Waals surface area contributed by atoms with E-state index in [-0.39, 0.29) is 18.6 Å². The van der Waals surface area contributed by atoms with Crippen LogP contribution in [0.4, 0.5) is 5.69 Å². The number of anilines is 1. The number of nitrogens with one attached hydrogen (secondary N) is 1. The molecule has 6 heteroatoms. The van der Waals surface area contributed by atoms with Crippen LogP contribution in [0.5, 0.6) is 11.5 Å². The third-order valence-electron chi connectivity index (χ3n) is 4.68. The quantitative estimate of drug-likeness (QED) is 0.847. The molecule has 2 aromatic rings. The summed E-state index contributed by atoms with van der Waals surface area (Å²) in [5.74, 6) is 0.993. The fourth-order valence-corrected chi connectivity index (χ4v) is 3.42. The molecule has 138 valence electrons. The Bertz CT molecular complexity index is 922. The highest BCUT2D eigenvalue weighted by Gasteiger charge is 2.37. The molecular formula is C21H20N2O4. The first-order valence-corrected chi connectivity index (χ1v) is 8.94. The van der Waals surface area contributed by atoms with E-state index in [1.807, 2.05) is 49.4 Å². The van der Waals surface area contributed by atoms with Crippen LogP contribution in [0.25, 0.3) is 6.08 Å². The van der Waals surface area contributed by atoms with Gasteiger partial charge in [0.15, 0.2) is 11.5 Å². The van der Waals surface area contributed by atoms with Crippen molar-refractivity contribution in [1.82, 2.24) is 5.32 Å². The fraction of sp³-hybridized carbons (Fsp3) is 0.238. The van der Waals surface area contributed by atoms with Crippen molar-refractivity contribution >= 4 is 23.6 Å². The summed E-state index contributed by atoms with van der Waals surface area (Å²) in [7, 11) is 0. The van der Waals surface area contributed by atoms with Crippen molar-refractivity contribution in [2.45, 2.75) is 19.4 Å². The molecule has 0 saturated carbocycles. The molecular weight excluding hydrogens is 344 g/mol. The lowest BCUT2D eigenvalue weighted by atomic mass is 10.1. The Hall–Kier alpha value is -3.28. The van der Waals surface area contributed by atoms with Crippen LogP contribution in [0.2, 0.25) is 0 Å². The van der Waals surface area contributed by atoms with Crippen LogP contribution in [-0.2, 0) is 16.0 Å². The smallest absolute Gasteiger partial charge is 0.251 e. The summed E-state index contributed by atoms with van der Waals surface area (Å²) in [5.41, 5.74) is 2.61. The Labute approximate surface area is 157 Å². The van der Waals surface area contributed by atoms with Crippen molar-refractivity contribution in [2.24, 2.45) is 0 Å². The topological polar surface area (TPSA) is 67.9 Å². The van der Waals surface area contributed by atoms with Gasteiger partial charge in [0.25, 0.3) is 5.91 Å². The summed E-state index contributed by atoms with van der Waals surface area (Å²) in [5, 5.41) is 2.82. The van der Waals surface area contributed by atoms with E-state index in [9.17, 15) is 9.59 Å². The second-order valence-corrected chi connectivity index (χ2v) is 6.40. The Morgan fingerprint density at radius 2 is 2.00 bits per heavy atom. The van der Waals surface area contributed by atoms with Gasteiger partial charge in [-0.3, -0.25) is 14.5 Å². The molecule has 0 fully saturated rings. The van der Waals surface area contributed by atoms with Crippen molar-refractivity contribution in [3.63, 3.8) is 0 Å². The third kappa shape index (κ3) is 3.26. The lowest BCUT2D eigenvalue weighted by Gasteiger charge is -2.23. The number of para-hydroxylation sites is 1. The summed E-state index contributed by atoms with van der Waals surface area (Å²) >= 11 is 0. The van der Waals surface area contributed by atoms with E-state index in [0.717, 1.165) is 16.8 Å². The zero-order valence-corrected chi connectivity index (χ0v) is 15.0. The Morgan fingerprint density at radius 1 is 1.19 bits per heavy atom. The summed E-state index contributed by atoms with van der Waals surface area (Å²) in [6.07, 6.45) is 3.73. The van der Waals surface area contributed by atoms with Crippen LogP contribution in [0.1, 0.15) is 18.1 Å². The van der Waals surface area contributed by atoms with E-state index in [4.69, 9.17) is 9.47 Å². The number of benzene rings is 2. The molecule has 2 aliphatic rings. The monoisotopic (exact) mass is 364 g/mol. The lowest BCUT2D eigenvalue weighted by molar-refractivity contribution is -0.124. The first-order chi connectivity index (χ1) is 13.2. The van der Waals surface area contributed by atoms with E-state index in [1.165, 1.54) is 6.08 Å². The molecule has 2 aromatic carbocycles. The number of carbonyl (C=O) groups is 2. The highest BCUT2D eigenvalue weighted by Crippen LogP contribution is 2.34. The maximum Gasteiger partial charge on any atom is 0.251 e. The van der Waals surface area contributed by atoms with Gasteiger partial charge in [-0.2, -0.15) is 0 Å². The molecule has 0 radical (unpaired) electrons. The number of fused-ring (bicyclic) bond motifs is 2. The number of amides is 2. The van der Waals surface area contributed by atoms with Gasteiger partial charge in [0.2, 0.25) is 12.7 Å². The zero-order valence-electron chi connectivity index (χ0n) is 15.0. The highest BCUT2D eigenvalue weighted by atomic mass is 16.7. The number of ether oxygens (including phenoxy) is 2. The summed E-state index contributed by atoms with van der Waals surface area (Å²) < 4.78 is 10.7. The van der Waals surface area contributed by atoms with Gasteiger partial charge in [0.05, 0.1) is 0 Å². The first kappa shape index (κ1) is 17.1. The maximum absolute atomic E-state index is 12.9. The standard InChI is InChI=1S/C21H20N2O4/c1-2-22-21(25)17-12-15-5-3-4-6-16(15)23(17)20(24)10-8-14-7-9-18-19(11-14)27-13-26-18/h3-11,17H,2,12-13H2,1H3,(H,22,25)/b10-8-. The molecule has 0 saturated heterocycles. The second kappa shape index (κ2) is 7.15. The molecule has 0 bridgehead atoms. The van der Waals surface area contributed by atoms with Gasteiger partial charge in [-0.05, 0) is 42.3 Å².